The second kappa shape index (κ2) is 8.58. The fraction of sp³-hybridized carbons (Fsp3) is 0.381. The Kier molecular flexibility index (Phi) is 6.15. The maximum absolute atomic E-state index is 14.3. The third-order valence-corrected chi connectivity index (χ3v) is 7.48. The number of primary amides is 1. The molecule has 172 valence electrons. The number of amides is 1. The van der Waals surface area contributed by atoms with Gasteiger partial charge >= 0.3 is 6.09 Å². The Bertz CT molecular complexity index is 1180. The minimum Gasteiger partial charge on any atom is -0.443 e. The minimum absolute atomic E-state index is 0.0553. The molecular formula is C21H21ClF2N2O5S. The van der Waals surface area contributed by atoms with Crippen LogP contribution in [0.15, 0.2) is 35.2 Å². The Morgan fingerprint density at radius 3 is 2.69 bits per heavy atom. The summed E-state index contributed by atoms with van der Waals surface area (Å²) >= 11 is 6.38. The zero-order valence-electron chi connectivity index (χ0n) is 17.1. The van der Waals surface area contributed by atoms with Gasteiger partial charge in [0.05, 0.1) is 16.5 Å². The van der Waals surface area contributed by atoms with Gasteiger partial charge in [-0.3, -0.25) is 4.90 Å². The first-order chi connectivity index (χ1) is 15.0. The lowest BCUT2D eigenvalue weighted by atomic mass is 9.94. The molecule has 2 heterocycles. The zero-order valence-corrected chi connectivity index (χ0v) is 18.6. The Hall–Kier alpha value is -2.27. The Labute approximate surface area is 189 Å². The summed E-state index contributed by atoms with van der Waals surface area (Å²) in [5, 5.41) is 0.189. The van der Waals surface area contributed by atoms with Crippen LogP contribution in [-0.2, 0) is 32.4 Å². The number of nitrogens with zero attached hydrogens (tertiary/aromatic N) is 1. The summed E-state index contributed by atoms with van der Waals surface area (Å²) in [5.74, 6) is -1.32. The molecule has 3 atom stereocenters. The van der Waals surface area contributed by atoms with Gasteiger partial charge in [0.25, 0.3) is 0 Å². The van der Waals surface area contributed by atoms with Crippen LogP contribution >= 0.6 is 11.6 Å². The minimum atomic E-state index is -3.48. The molecular weight excluding hydrogens is 466 g/mol. The average Bonchev–Trinajstić information content (AvgIpc) is 3.14. The van der Waals surface area contributed by atoms with Crippen molar-refractivity contribution in [2.45, 2.75) is 42.7 Å². The predicted octanol–water partition coefficient (Wildman–Crippen LogP) is 3.33. The Morgan fingerprint density at radius 1 is 1.25 bits per heavy atom. The molecule has 11 heteroatoms. The first kappa shape index (κ1) is 22.9. The molecule has 0 radical (unpaired) electrons. The highest BCUT2D eigenvalue weighted by molar-refractivity contribution is 7.90. The SMILES string of the molecule is CS(=O)(=O)c1ccc2c(c1Cl)CN(C1COC(c3cc(F)ccc3F)C(OC(N)=O)C1)C2. The number of fused-ring (bicyclic) bond motifs is 1. The molecule has 7 nitrogen and oxygen atoms in total. The van der Waals surface area contributed by atoms with Crippen LogP contribution in [0.25, 0.3) is 0 Å². The van der Waals surface area contributed by atoms with Crippen molar-refractivity contribution in [1.82, 2.24) is 4.90 Å². The van der Waals surface area contributed by atoms with E-state index in [1.807, 2.05) is 4.90 Å². The number of carbonyl (C=O) groups is 1. The molecule has 3 unspecified atom stereocenters. The molecule has 2 aliphatic heterocycles. The van der Waals surface area contributed by atoms with E-state index in [-0.39, 0.29) is 34.6 Å². The van der Waals surface area contributed by atoms with Gasteiger partial charge in [-0.25, -0.2) is 22.0 Å². The molecule has 0 spiro atoms. The molecule has 0 aliphatic carbocycles. The monoisotopic (exact) mass is 486 g/mol. The Morgan fingerprint density at radius 2 is 2.00 bits per heavy atom. The normalized spacial score (nSPS) is 23.7. The van der Waals surface area contributed by atoms with E-state index in [1.54, 1.807) is 6.07 Å². The number of hydrogen-bond acceptors (Lipinski definition) is 6. The smallest absolute Gasteiger partial charge is 0.404 e. The van der Waals surface area contributed by atoms with Gasteiger partial charge in [0, 0.05) is 37.4 Å². The van der Waals surface area contributed by atoms with E-state index in [4.69, 9.17) is 26.8 Å². The largest absolute Gasteiger partial charge is 0.443 e. The molecule has 0 saturated carbocycles. The van der Waals surface area contributed by atoms with E-state index in [0.717, 1.165) is 30.0 Å². The summed E-state index contributed by atoms with van der Waals surface area (Å²) in [6.45, 7) is 1.01. The van der Waals surface area contributed by atoms with Gasteiger partial charge < -0.3 is 15.2 Å². The van der Waals surface area contributed by atoms with Crippen LogP contribution < -0.4 is 5.73 Å². The average molecular weight is 487 g/mol. The molecule has 1 amide bonds. The summed E-state index contributed by atoms with van der Waals surface area (Å²) in [4.78, 5) is 13.5. The maximum Gasteiger partial charge on any atom is 0.404 e. The van der Waals surface area contributed by atoms with Crippen molar-refractivity contribution in [1.29, 1.82) is 0 Å². The molecule has 0 aromatic heterocycles. The summed E-state index contributed by atoms with van der Waals surface area (Å²) in [6, 6.07) is 5.94. The quantitative estimate of drug-likeness (QED) is 0.711. The first-order valence-corrected chi connectivity index (χ1v) is 12.1. The van der Waals surface area contributed by atoms with E-state index in [1.165, 1.54) is 6.07 Å². The third kappa shape index (κ3) is 4.45. The molecule has 32 heavy (non-hydrogen) atoms. The number of ether oxygens (including phenoxy) is 2. The predicted molar refractivity (Wildman–Crippen MR) is 112 cm³/mol. The van der Waals surface area contributed by atoms with Gasteiger partial charge in [-0.2, -0.15) is 0 Å². The van der Waals surface area contributed by atoms with Gasteiger partial charge in [0.1, 0.15) is 23.8 Å². The highest BCUT2D eigenvalue weighted by atomic mass is 35.5. The van der Waals surface area contributed by atoms with Crippen molar-refractivity contribution in [2.24, 2.45) is 5.73 Å². The van der Waals surface area contributed by atoms with E-state index in [9.17, 15) is 22.0 Å². The van der Waals surface area contributed by atoms with Crippen molar-refractivity contribution in [3.8, 4) is 0 Å². The number of nitrogens with two attached hydrogens (primary N) is 1. The zero-order chi connectivity index (χ0) is 23.2. The van der Waals surface area contributed by atoms with E-state index >= 15 is 0 Å². The number of rotatable bonds is 4. The lowest BCUT2D eigenvalue weighted by molar-refractivity contribution is -0.114. The second-order valence-electron chi connectivity index (χ2n) is 7.98. The van der Waals surface area contributed by atoms with Gasteiger partial charge in [-0.05, 0) is 35.4 Å². The first-order valence-electron chi connectivity index (χ1n) is 9.81. The molecule has 4 rings (SSSR count). The molecule has 2 aliphatic rings. The van der Waals surface area contributed by atoms with Crippen molar-refractivity contribution in [3.63, 3.8) is 0 Å². The standard InChI is InChI=1S/C21H21ClF2N2O5S/c1-32(28,29)18-5-2-11-8-26(9-15(11)19(18)22)13-7-17(31-21(25)27)20(30-10-13)14-6-12(23)3-4-16(14)24/h2-6,13,17,20H,7-10H2,1H3,(H2,25,27). The number of benzene rings is 2. The molecule has 2 aromatic carbocycles. The van der Waals surface area contributed by atoms with Crippen molar-refractivity contribution in [2.75, 3.05) is 12.9 Å². The van der Waals surface area contributed by atoms with Crippen LogP contribution in [0.4, 0.5) is 13.6 Å². The van der Waals surface area contributed by atoms with E-state index in [2.05, 4.69) is 0 Å². The van der Waals surface area contributed by atoms with Gasteiger partial charge in [-0.15, -0.1) is 0 Å². The van der Waals surface area contributed by atoms with Gasteiger partial charge in [0.2, 0.25) is 0 Å². The van der Waals surface area contributed by atoms with Crippen molar-refractivity contribution < 1.29 is 31.5 Å². The molecule has 2 aromatic rings. The van der Waals surface area contributed by atoms with Crippen LogP contribution in [0.1, 0.15) is 29.2 Å². The second-order valence-corrected chi connectivity index (χ2v) is 10.3. The molecule has 1 fully saturated rings. The third-order valence-electron chi connectivity index (χ3n) is 5.80. The summed E-state index contributed by atoms with van der Waals surface area (Å²) in [7, 11) is -3.48. The van der Waals surface area contributed by atoms with Crippen molar-refractivity contribution in [3.05, 3.63) is 63.7 Å². The summed E-state index contributed by atoms with van der Waals surface area (Å²) in [6.07, 6.45) is -1.65. The fourth-order valence-electron chi connectivity index (χ4n) is 4.30. The highest BCUT2D eigenvalue weighted by Crippen LogP contribution is 2.39. The lowest BCUT2D eigenvalue weighted by Crippen LogP contribution is -2.46. The maximum atomic E-state index is 14.3. The number of halogens is 3. The number of sulfone groups is 1. The van der Waals surface area contributed by atoms with Crippen LogP contribution in [0.5, 0.6) is 0 Å². The lowest BCUT2D eigenvalue weighted by Gasteiger charge is -2.39. The topological polar surface area (TPSA) is 98.9 Å². The molecule has 1 saturated heterocycles. The molecule has 2 N–H and O–H groups in total. The van der Waals surface area contributed by atoms with Crippen LogP contribution in [0.3, 0.4) is 0 Å². The highest BCUT2D eigenvalue weighted by Gasteiger charge is 2.40. The number of carbonyl (C=O) groups excluding carboxylic acids is 1. The van der Waals surface area contributed by atoms with Crippen LogP contribution in [0.2, 0.25) is 5.02 Å². The van der Waals surface area contributed by atoms with E-state index < -0.39 is 39.8 Å². The van der Waals surface area contributed by atoms with E-state index in [0.29, 0.717) is 18.7 Å². The van der Waals surface area contributed by atoms with Crippen LogP contribution in [-0.4, -0.2) is 44.4 Å². The summed E-state index contributed by atoms with van der Waals surface area (Å²) in [5.41, 5.74) is 6.74. The van der Waals surface area contributed by atoms with Crippen molar-refractivity contribution >= 4 is 27.5 Å². The van der Waals surface area contributed by atoms with Crippen LogP contribution in [0, 0.1) is 11.6 Å². The summed E-state index contributed by atoms with van der Waals surface area (Å²) < 4.78 is 63.0. The van der Waals surface area contributed by atoms with Gasteiger partial charge in [-0.1, -0.05) is 17.7 Å². The van der Waals surface area contributed by atoms with Gasteiger partial charge in [0.15, 0.2) is 9.84 Å². The fourth-order valence-corrected chi connectivity index (χ4v) is 5.73. The number of hydrogen-bond donors (Lipinski definition) is 1. The molecule has 0 bridgehead atoms. The Balaban J connectivity index is 1.57.